The molecule has 4 N–H and O–H groups in total. The molecule has 5 nitrogen and oxygen atoms in total. The number of anilines is 2. The third-order valence-electron chi connectivity index (χ3n) is 3.11. The van der Waals surface area contributed by atoms with E-state index in [0.717, 1.165) is 12.8 Å². The van der Waals surface area contributed by atoms with E-state index in [4.69, 9.17) is 5.73 Å². The molecule has 1 aliphatic carbocycles. The van der Waals surface area contributed by atoms with Crippen LogP contribution in [0.15, 0.2) is 24.3 Å². The van der Waals surface area contributed by atoms with Crippen molar-refractivity contribution in [3.05, 3.63) is 40.5 Å². The predicted octanol–water partition coefficient (Wildman–Crippen LogP) is 2.37. The number of amides is 1. The predicted molar refractivity (Wildman–Crippen MR) is 80.7 cm³/mol. The Kier molecular flexibility index (Phi) is 3.74. The molecule has 1 aromatic heterocycles. The van der Waals surface area contributed by atoms with Crippen LogP contribution in [0.4, 0.5) is 15.3 Å². The number of nitrogen functional groups attached to an aromatic ring is 1. The van der Waals surface area contributed by atoms with E-state index in [9.17, 15) is 9.18 Å². The van der Waals surface area contributed by atoms with Gasteiger partial charge in [-0.1, -0.05) is 23.5 Å². The number of nitrogens with one attached hydrogen (secondary N) is 2. The maximum atomic E-state index is 13.1. The highest BCUT2D eigenvalue weighted by Crippen LogP contribution is 2.30. The summed E-state index contributed by atoms with van der Waals surface area (Å²) in [6.45, 7) is 0.249. The Morgan fingerprint density at radius 1 is 1.48 bits per heavy atom. The number of thiazole rings is 1. The number of rotatable bonds is 5. The van der Waals surface area contributed by atoms with Crippen LogP contribution in [-0.4, -0.2) is 16.9 Å². The van der Waals surface area contributed by atoms with Gasteiger partial charge in [0.2, 0.25) is 0 Å². The summed E-state index contributed by atoms with van der Waals surface area (Å²) in [5.74, 6) is -0.395. The zero-order valence-corrected chi connectivity index (χ0v) is 12.0. The highest BCUT2D eigenvalue weighted by Gasteiger charge is 2.24. The molecule has 0 bridgehead atoms. The Balaban J connectivity index is 1.63. The van der Waals surface area contributed by atoms with Gasteiger partial charge in [0.05, 0.1) is 0 Å². The standard InChI is InChI=1S/C14H15FN4OS/c15-9-3-1-2-8(6-9)7-17-13(20)11-12(16)19-14(21-11)18-10-4-5-10/h1-3,6,10H,4-5,7,16H2,(H,17,20)(H,18,19). The lowest BCUT2D eigenvalue weighted by molar-refractivity contribution is 0.0955. The molecule has 3 rings (SSSR count). The minimum atomic E-state index is -0.324. The smallest absolute Gasteiger partial charge is 0.265 e. The minimum Gasteiger partial charge on any atom is -0.382 e. The molecule has 0 radical (unpaired) electrons. The Bertz CT molecular complexity index is 669. The minimum absolute atomic E-state index is 0.222. The molecule has 1 saturated carbocycles. The van der Waals surface area contributed by atoms with E-state index in [2.05, 4.69) is 15.6 Å². The molecule has 1 aromatic carbocycles. The lowest BCUT2D eigenvalue weighted by Crippen LogP contribution is -2.22. The van der Waals surface area contributed by atoms with Crippen LogP contribution in [-0.2, 0) is 6.54 Å². The largest absolute Gasteiger partial charge is 0.382 e. The molecule has 0 saturated heterocycles. The molecule has 1 heterocycles. The fourth-order valence-corrected chi connectivity index (χ4v) is 2.75. The maximum Gasteiger partial charge on any atom is 0.265 e. The number of hydrogen-bond acceptors (Lipinski definition) is 5. The van der Waals surface area contributed by atoms with E-state index in [1.165, 1.54) is 23.5 Å². The van der Waals surface area contributed by atoms with Crippen molar-refractivity contribution >= 4 is 28.2 Å². The summed E-state index contributed by atoms with van der Waals surface area (Å²) in [7, 11) is 0. The number of nitrogens with zero attached hydrogens (tertiary/aromatic N) is 1. The normalized spacial score (nSPS) is 14.0. The molecular formula is C14H15FN4OS. The first-order chi connectivity index (χ1) is 10.1. The molecule has 0 atom stereocenters. The average molecular weight is 306 g/mol. The summed E-state index contributed by atoms with van der Waals surface area (Å²) in [6.07, 6.45) is 2.25. The second-order valence-electron chi connectivity index (χ2n) is 4.96. The van der Waals surface area contributed by atoms with Gasteiger partial charge in [0.15, 0.2) is 5.13 Å². The van der Waals surface area contributed by atoms with Crippen LogP contribution in [0.2, 0.25) is 0 Å². The van der Waals surface area contributed by atoms with E-state index in [1.807, 2.05) is 0 Å². The van der Waals surface area contributed by atoms with Crippen LogP contribution < -0.4 is 16.4 Å². The van der Waals surface area contributed by atoms with Crippen LogP contribution in [0, 0.1) is 5.82 Å². The number of carbonyl (C=O) groups excluding carboxylic acids is 1. The Hall–Kier alpha value is -2.15. The highest BCUT2D eigenvalue weighted by molar-refractivity contribution is 7.18. The van der Waals surface area contributed by atoms with Crippen molar-refractivity contribution in [3.8, 4) is 0 Å². The first-order valence-electron chi connectivity index (χ1n) is 6.67. The van der Waals surface area contributed by atoms with Gasteiger partial charge in [0.1, 0.15) is 16.5 Å². The van der Waals surface area contributed by atoms with Gasteiger partial charge in [-0.15, -0.1) is 0 Å². The summed E-state index contributed by atoms with van der Waals surface area (Å²) in [5.41, 5.74) is 6.47. The van der Waals surface area contributed by atoms with E-state index in [-0.39, 0.29) is 24.1 Å². The van der Waals surface area contributed by atoms with Crippen molar-refractivity contribution in [2.24, 2.45) is 0 Å². The van der Waals surface area contributed by atoms with Crippen LogP contribution >= 0.6 is 11.3 Å². The van der Waals surface area contributed by atoms with Gasteiger partial charge in [-0.3, -0.25) is 4.79 Å². The van der Waals surface area contributed by atoms with Crippen molar-refractivity contribution in [2.45, 2.75) is 25.4 Å². The summed E-state index contributed by atoms with van der Waals surface area (Å²) < 4.78 is 13.1. The quantitative estimate of drug-likeness (QED) is 0.792. The number of nitrogens with two attached hydrogens (primary N) is 1. The fourth-order valence-electron chi connectivity index (χ4n) is 1.87. The first kappa shape index (κ1) is 13.8. The fraction of sp³-hybridized carbons (Fsp3) is 0.286. The molecule has 1 aliphatic rings. The molecule has 0 spiro atoms. The third kappa shape index (κ3) is 3.49. The van der Waals surface area contributed by atoms with E-state index >= 15 is 0 Å². The molecule has 1 fully saturated rings. The van der Waals surface area contributed by atoms with Crippen LogP contribution in [0.3, 0.4) is 0 Å². The van der Waals surface area contributed by atoms with Crippen LogP contribution in [0.1, 0.15) is 28.1 Å². The Morgan fingerprint density at radius 2 is 2.29 bits per heavy atom. The number of benzene rings is 1. The lowest BCUT2D eigenvalue weighted by Gasteiger charge is -2.04. The van der Waals surface area contributed by atoms with Gasteiger partial charge < -0.3 is 16.4 Å². The molecule has 1 amide bonds. The van der Waals surface area contributed by atoms with Gasteiger partial charge in [-0.2, -0.15) is 0 Å². The number of halogens is 1. The average Bonchev–Trinajstić information content (AvgIpc) is 3.18. The lowest BCUT2D eigenvalue weighted by atomic mass is 10.2. The molecular weight excluding hydrogens is 291 g/mol. The zero-order valence-electron chi connectivity index (χ0n) is 11.2. The summed E-state index contributed by atoms with van der Waals surface area (Å²) in [5, 5.41) is 6.61. The van der Waals surface area contributed by atoms with Crippen LogP contribution in [0.25, 0.3) is 0 Å². The van der Waals surface area contributed by atoms with Gasteiger partial charge in [-0.05, 0) is 30.5 Å². The van der Waals surface area contributed by atoms with E-state index in [0.29, 0.717) is 21.6 Å². The zero-order chi connectivity index (χ0) is 14.8. The molecule has 0 unspecified atom stereocenters. The monoisotopic (exact) mass is 306 g/mol. The Morgan fingerprint density at radius 3 is 3.00 bits per heavy atom. The highest BCUT2D eigenvalue weighted by atomic mass is 32.1. The van der Waals surface area contributed by atoms with Crippen molar-refractivity contribution in [1.29, 1.82) is 0 Å². The second-order valence-corrected chi connectivity index (χ2v) is 5.96. The molecule has 110 valence electrons. The van der Waals surface area contributed by atoms with E-state index < -0.39 is 0 Å². The van der Waals surface area contributed by atoms with Gasteiger partial charge in [0, 0.05) is 12.6 Å². The Labute approximate surface area is 125 Å². The van der Waals surface area contributed by atoms with E-state index in [1.54, 1.807) is 12.1 Å². The van der Waals surface area contributed by atoms with Crippen molar-refractivity contribution < 1.29 is 9.18 Å². The number of hydrogen-bond donors (Lipinski definition) is 3. The molecule has 21 heavy (non-hydrogen) atoms. The summed E-state index contributed by atoms with van der Waals surface area (Å²) in [6, 6.07) is 6.56. The number of aromatic nitrogens is 1. The first-order valence-corrected chi connectivity index (χ1v) is 7.49. The summed E-state index contributed by atoms with van der Waals surface area (Å²) >= 11 is 1.24. The number of carbonyl (C=O) groups is 1. The topological polar surface area (TPSA) is 80.0 Å². The SMILES string of the molecule is Nc1nc(NC2CC2)sc1C(=O)NCc1cccc(F)c1. The molecule has 0 aliphatic heterocycles. The summed E-state index contributed by atoms with van der Waals surface area (Å²) in [4.78, 5) is 16.6. The van der Waals surface area contributed by atoms with Crippen LogP contribution in [0.5, 0.6) is 0 Å². The maximum absolute atomic E-state index is 13.1. The second kappa shape index (κ2) is 5.69. The third-order valence-corrected chi connectivity index (χ3v) is 4.11. The van der Waals surface area contributed by atoms with Crippen molar-refractivity contribution in [1.82, 2.24) is 10.3 Å². The van der Waals surface area contributed by atoms with Gasteiger partial charge in [-0.25, -0.2) is 9.37 Å². The van der Waals surface area contributed by atoms with Gasteiger partial charge >= 0.3 is 0 Å². The molecule has 7 heteroatoms. The van der Waals surface area contributed by atoms with Crippen molar-refractivity contribution in [3.63, 3.8) is 0 Å². The van der Waals surface area contributed by atoms with Crippen molar-refractivity contribution in [2.75, 3.05) is 11.1 Å². The molecule has 2 aromatic rings. The van der Waals surface area contributed by atoms with Gasteiger partial charge in [0.25, 0.3) is 5.91 Å².